The quantitative estimate of drug-likeness (QED) is 0.331. The van der Waals surface area contributed by atoms with E-state index in [0.717, 1.165) is 9.87 Å². The third kappa shape index (κ3) is 7.99. The molecule has 1 unspecified atom stereocenters. The number of nitrogens with one attached hydrogen (secondary N) is 1. The largest absolute Gasteiger partial charge is 0.497 e. The van der Waals surface area contributed by atoms with Gasteiger partial charge in [-0.05, 0) is 81.3 Å². The second-order valence-corrected chi connectivity index (χ2v) is 12.6. The van der Waals surface area contributed by atoms with Gasteiger partial charge in [-0.2, -0.15) is 0 Å². The first kappa shape index (κ1) is 31.0. The van der Waals surface area contributed by atoms with Gasteiger partial charge in [0.2, 0.25) is 11.8 Å². The SMILES string of the molecule is CCC(C(=O)NC(C)(C)C)N(Cc1ccc(Cl)cc1)C(=O)CN(c1ccc(OC)cc1)S(=O)(=O)c1ccccc1. The smallest absolute Gasteiger partial charge is 0.264 e. The summed E-state index contributed by atoms with van der Waals surface area (Å²) in [6.07, 6.45) is 0.329. The average Bonchev–Trinajstić information content (AvgIpc) is 2.92. The number of benzene rings is 3. The van der Waals surface area contributed by atoms with Gasteiger partial charge in [-0.25, -0.2) is 8.42 Å². The standard InChI is InChI=1S/C30H36ClN3O5S/c1-6-27(29(36)32-30(2,3)4)33(20-22-12-14-23(31)15-13-22)28(35)21-34(24-16-18-25(39-5)19-17-24)40(37,38)26-10-8-7-9-11-26/h7-19,27H,6,20-21H2,1-5H3,(H,32,36). The minimum atomic E-state index is -4.14. The van der Waals surface area contributed by atoms with Gasteiger partial charge in [0.15, 0.2) is 0 Å². The number of halogens is 1. The molecule has 10 heteroatoms. The Bertz CT molecular complexity index is 1390. The molecule has 0 fully saturated rings. The molecule has 0 aliphatic rings. The Morgan fingerprint density at radius 1 is 0.950 bits per heavy atom. The Kier molecular flexibility index (Phi) is 10.2. The summed E-state index contributed by atoms with van der Waals surface area (Å²) in [5, 5.41) is 3.50. The van der Waals surface area contributed by atoms with Crippen molar-refractivity contribution in [1.82, 2.24) is 10.2 Å². The summed E-state index contributed by atoms with van der Waals surface area (Å²) in [6.45, 7) is 6.98. The number of carbonyl (C=O) groups is 2. The third-order valence-electron chi connectivity index (χ3n) is 6.12. The number of anilines is 1. The normalized spacial score (nSPS) is 12.3. The van der Waals surface area contributed by atoms with Gasteiger partial charge in [-0.3, -0.25) is 13.9 Å². The third-order valence-corrected chi connectivity index (χ3v) is 8.16. The van der Waals surface area contributed by atoms with E-state index >= 15 is 0 Å². The van der Waals surface area contributed by atoms with E-state index in [9.17, 15) is 18.0 Å². The summed E-state index contributed by atoms with van der Waals surface area (Å²) in [7, 11) is -2.62. The predicted molar refractivity (Wildman–Crippen MR) is 158 cm³/mol. The highest BCUT2D eigenvalue weighted by Crippen LogP contribution is 2.27. The minimum Gasteiger partial charge on any atom is -0.497 e. The van der Waals surface area contributed by atoms with E-state index in [4.69, 9.17) is 16.3 Å². The van der Waals surface area contributed by atoms with Gasteiger partial charge in [0, 0.05) is 17.1 Å². The maximum atomic E-state index is 14.1. The van der Waals surface area contributed by atoms with E-state index in [0.29, 0.717) is 17.2 Å². The first-order chi connectivity index (χ1) is 18.9. The molecule has 0 radical (unpaired) electrons. The van der Waals surface area contributed by atoms with Crippen LogP contribution in [-0.2, 0) is 26.2 Å². The second-order valence-electron chi connectivity index (χ2n) is 10.3. The summed E-state index contributed by atoms with van der Waals surface area (Å²) in [4.78, 5) is 28.9. The lowest BCUT2D eigenvalue weighted by atomic mass is 10.1. The Balaban J connectivity index is 2.06. The lowest BCUT2D eigenvalue weighted by Crippen LogP contribution is -2.55. The Hall–Kier alpha value is -3.56. The van der Waals surface area contributed by atoms with Crippen molar-refractivity contribution in [2.75, 3.05) is 18.0 Å². The van der Waals surface area contributed by atoms with Crippen LogP contribution in [0.2, 0.25) is 5.02 Å². The monoisotopic (exact) mass is 585 g/mol. The summed E-state index contributed by atoms with van der Waals surface area (Å²) in [5.41, 5.74) is 0.518. The molecule has 0 spiro atoms. The number of carbonyl (C=O) groups excluding carboxylic acids is 2. The number of nitrogens with zero attached hydrogens (tertiary/aromatic N) is 2. The van der Waals surface area contributed by atoms with E-state index in [2.05, 4.69) is 5.32 Å². The fourth-order valence-corrected chi connectivity index (χ4v) is 5.72. The maximum absolute atomic E-state index is 14.1. The van der Waals surface area contributed by atoms with Gasteiger partial charge in [-0.1, -0.05) is 48.9 Å². The van der Waals surface area contributed by atoms with Gasteiger partial charge in [-0.15, -0.1) is 0 Å². The molecule has 0 saturated heterocycles. The highest BCUT2D eigenvalue weighted by Gasteiger charge is 2.34. The molecule has 0 bridgehead atoms. The molecule has 0 aromatic heterocycles. The van der Waals surface area contributed by atoms with Crippen molar-refractivity contribution in [3.05, 3.63) is 89.4 Å². The van der Waals surface area contributed by atoms with Crippen molar-refractivity contribution in [3.8, 4) is 5.75 Å². The fourth-order valence-electron chi connectivity index (χ4n) is 4.16. The Morgan fingerprint density at radius 2 is 1.55 bits per heavy atom. The molecule has 3 rings (SSSR count). The van der Waals surface area contributed by atoms with Gasteiger partial charge in [0.05, 0.1) is 17.7 Å². The first-order valence-corrected chi connectivity index (χ1v) is 14.8. The van der Waals surface area contributed by atoms with Crippen LogP contribution in [-0.4, -0.2) is 50.4 Å². The number of methoxy groups -OCH3 is 1. The molecule has 8 nitrogen and oxygen atoms in total. The van der Waals surface area contributed by atoms with Gasteiger partial charge in [0.1, 0.15) is 18.3 Å². The molecular weight excluding hydrogens is 550 g/mol. The zero-order valence-electron chi connectivity index (χ0n) is 23.4. The Labute approximate surface area is 241 Å². The highest BCUT2D eigenvalue weighted by atomic mass is 35.5. The topological polar surface area (TPSA) is 96.0 Å². The van der Waals surface area contributed by atoms with E-state index in [1.165, 1.54) is 24.1 Å². The zero-order valence-corrected chi connectivity index (χ0v) is 25.0. The summed E-state index contributed by atoms with van der Waals surface area (Å²) in [6, 6.07) is 20.5. The molecule has 1 atom stereocenters. The van der Waals surface area contributed by atoms with E-state index in [-0.39, 0.29) is 23.0 Å². The average molecular weight is 586 g/mol. The van der Waals surface area contributed by atoms with Crippen LogP contribution in [0.15, 0.2) is 83.8 Å². The van der Waals surface area contributed by atoms with E-state index < -0.39 is 34.1 Å². The molecular formula is C30H36ClN3O5S. The highest BCUT2D eigenvalue weighted by molar-refractivity contribution is 7.92. The van der Waals surface area contributed by atoms with Crippen molar-refractivity contribution in [1.29, 1.82) is 0 Å². The second kappa shape index (κ2) is 13.2. The molecule has 0 aliphatic heterocycles. The van der Waals surface area contributed by atoms with Crippen LogP contribution in [0.5, 0.6) is 5.75 Å². The fraction of sp³-hybridized carbons (Fsp3) is 0.333. The molecule has 0 saturated carbocycles. The summed E-state index contributed by atoms with van der Waals surface area (Å²) in [5.74, 6) is -0.304. The van der Waals surface area contributed by atoms with E-state index in [1.54, 1.807) is 66.7 Å². The molecule has 2 amide bonds. The van der Waals surface area contributed by atoms with Crippen LogP contribution in [0.3, 0.4) is 0 Å². The van der Waals surface area contributed by atoms with Crippen LogP contribution >= 0.6 is 11.6 Å². The maximum Gasteiger partial charge on any atom is 0.264 e. The number of ether oxygens (including phenoxy) is 1. The van der Waals surface area contributed by atoms with Crippen molar-refractivity contribution in [2.24, 2.45) is 0 Å². The lowest BCUT2D eigenvalue weighted by molar-refractivity contribution is -0.141. The van der Waals surface area contributed by atoms with Crippen LogP contribution in [0.4, 0.5) is 5.69 Å². The van der Waals surface area contributed by atoms with Crippen molar-refractivity contribution in [2.45, 2.75) is 57.1 Å². The first-order valence-electron chi connectivity index (χ1n) is 12.9. The summed E-state index contributed by atoms with van der Waals surface area (Å²) >= 11 is 6.06. The van der Waals surface area contributed by atoms with Crippen molar-refractivity contribution in [3.63, 3.8) is 0 Å². The predicted octanol–water partition coefficient (Wildman–Crippen LogP) is 5.27. The van der Waals surface area contributed by atoms with Gasteiger partial charge < -0.3 is 15.0 Å². The molecule has 214 valence electrons. The van der Waals surface area contributed by atoms with Crippen LogP contribution in [0.25, 0.3) is 0 Å². The number of sulfonamides is 1. The molecule has 0 aliphatic carbocycles. The van der Waals surface area contributed by atoms with Gasteiger partial charge >= 0.3 is 0 Å². The van der Waals surface area contributed by atoms with Crippen LogP contribution in [0, 0.1) is 0 Å². The Morgan fingerprint density at radius 3 is 2.08 bits per heavy atom. The van der Waals surface area contributed by atoms with E-state index in [1.807, 2.05) is 27.7 Å². The van der Waals surface area contributed by atoms with Crippen LogP contribution < -0.4 is 14.4 Å². The minimum absolute atomic E-state index is 0.0420. The lowest BCUT2D eigenvalue weighted by Gasteiger charge is -2.34. The molecule has 1 N–H and O–H groups in total. The molecule has 3 aromatic rings. The summed E-state index contributed by atoms with van der Waals surface area (Å²) < 4.78 is 34.0. The molecule has 3 aromatic carbocycles. The van der Waals surface area contributed by atoms with Crippen molar-refractivity contribution < 1.29 is 22.7 Å². The number of hydrogen-bond acceptors (Lipinski definition) is 5. The number of rotatable bonds is 11. The van der Waals surface area contributed by atoms with Gasteiger partial charge in [0.25, 0.3) is 10.0 Å². The molecule has 40 heavy (non-hydrogen) atoms. The van der Waals surface area contributed by atoms with Crippen molar-refractivity contribution >= 4 is 39.1 Å². The molecule has 0 heterocycles. The number of hydrogen-bond donors (Lipinski definition) is 1. The zero-order chi connectivity index (χ0) is 29.5. The van der Waals surface area contributed by atoms with Crippen LogP contribution in [0.1, 0.15) is 39.7 Å². The number of amides is 2.